The molecular formula is C17H23N5OS2. The number of benzene rings is 1. The molecule has 2 atom stereocenters. The first-order valence-electron chi connectivity index (χ1n) is 8.56. The van der Waals surface area contributed by atoms with Crippen LogP contribution in [0.5, 0.6) is 0 Å². The standard InChI is InChI=1S/C17H23N5OS2/c1-11-6-2-3-7-12(11)19-16(24)22-21-15(23)10-18-17-20-13-8-4-5-9-14(13)25-17/h4-5,8-9,11-12H,2-3,6-7,10H2,1H3,(H,18,20)(H,21,23)(H2,19,22,24)/t11-,12-/m0/s1. The van der Waals surface area contributed by atoms with Crippen molar-refractivity contribution in [2.75, 3.05) is 11.9 Å². The fraction of sp³-hybridized carbons (Fsp3) is 0.471. The van der Waals surface area contributed by atoms with Gasteiger partial charge in [-0.3, -0.25) is 15.6 Å². The molecule has 2 aromatic rings. The molecule has 0 bridgehead atoms. The lowest BCUT2D eigenvalue weighted by molar-refractivity contribution is -0.119. The lowest BCUT2D eigenvalue weighted by atomic mass is 9.86. The van der Waals surface area contributed by atoms with Crippen LogP contribution in [0.15, 0.2) is 24.3 Å². The number of hydrogen-bond acceptors (Lipinski definition) is 5. The molecule has 1 heterocycles. The molecule has 1 amide bonds. The zero-order valence-corrected chi connectivity index (χ0v) is 15.8. The number of carbonyl (C=O) groups excluding carboxylic acids is 1. The van der Waals surface area contributed by atoms with Crippen molar-refractivity contribution >= 4 is 49.9 Å². The summed E-state index contributed by atoms with van der Waals surface area (Å²) < 4.78 is 1.09. The van der Waals surface area contributed by atoms with E-state index < -0.39 is 0 Å². The number of anilines is 1. The fourth-order valence-corrected chi connectivity index (χ4v) is 4.07. The van der Waals surface area contributed by atoms with Gasteiger partial charge in [0.05, 0.1) is 16.8 Å². The number of carbonyl (C=O) groups is 1. The van der Waals surface area contributed by atoms with Crippen LogP contribution in [0, 0.1) is 5.92 Å². The smallest absolute Gasteiger partial charge is 0.257 e. The Labute approximate surface area is 156 Å². The van der Waals surface area contributed by atoms with Crippen LogP contribution in [0.3, 0.4) is 0 Å². The predicted octanol–water partition coefficient (Wildman–Crippen LogP) is 2.78. The first kappa shape index (κ1) is 17.9. The van der Waals surface area contributed by atoms with E-state index in [1.165, 1.54) is 30.6 Å². The third-order valence-corrected chi connectivity index (χ3v) is 5.65. The molecule has 8 heteroatoms. The number of fused-ring (bicyclic) bond motifs is 1. The minimum Gasteiger partial charge on any atom is -0.358 e. The molecule has 1 aliphatic carbocycles. The monoisotopic (exact) mass is 377 g/mol. The van der Waals surface area contributed by atoms with E-state index in [-0.39, 0.29) is 12.5 Å². The highest BCUT2D eigenvalue weighted by Gasteiger charge is 2.21. The maximum absolute atomic E-state index is 11.9. The number of amides is 1. The quantitative estimate of drug-likeness (QED) is 0.485. The molecule has 0 saturated heterocycles. The summed E-state index contributed by atoms with van der Waals surface area (Å²) in [5.41, 5.74) is 6.32. The Hall–Kier alpha value is -1.93. The second-order valence-electron chi connectivity index (χ2n) is 6.36. The van der Waals surface area contributed by atoms with E-state index in [9.17, 15) is 4.79 Å². The van der Waals surface area contributed by atoms with E-state index in [1.807, 2.05) is 24.3 Å². The average molecular weight is 378 g/mol. The number of thiocarbonyl (C=S) groups is 1. The van der Waals surface area contributed by atoms with Crippen molar-refractivity contribution in [2.24, 2.45) is 5.92 Å². The summed E-state index contributed by atoms with van der Waals surface area (Å²) in [5, 5.41) is 7.52. The van der Waals surface area contributed by atoms with Crippen molar-refractivity contribution in [1.29, 1.82) is 0 Å². The fourth-order valence-electron chi connectivity index (χ4n) is 3.01. The molecule has 134 valence electrons. The normalized spacial score (nSPS) is 20.0. The second kappa shape index (κ2) is 8.44. The molecule has 0 unspecified atom stereocenters. The Bertz CT molecular complexity index is 714. The number of nitrogens with one attached hydrogen (secondary N) is 4. The van der Waals surface area contributed by atoms with Gasteiger partial charge in [-0.2, -0.15) is 0 Å². The van der Waals surface area contributed by atoms with Crippen LogP contribution in [0.25, 0.3) is 10.2 Å². The maximum atomic E-state index is 11.9. The number of para-hydroxylation sites is 1. The van der Waals surface area contributed by atoms with E-state index in [0.717, 1.165) is 21.8 Å². The highest BCUT2D eigenvalue weighted by Crippen LogP contribution is 2.25. The SMILES string of the molecule is C[C@H]1CCCC[C@@H]1NC(=S)NNC(=O)CNc1nc2ccccc2s1. The van der Waals surface area contributed by atoms with Gasteiger partial charge in [0.25, 0.3) is 5.91 Å². The van der Waals surface area contributed by atoms with Gasteiger partial charge in [-0.15, -0.1) is 0 Å². The van der Waals surface area contributed by atoms with E-state index >= 15 is 0 Å². The Balaban J connectivity index is 1.39. The van der Waals surface area contributed by atoms with Crippen LogP contribution in [-0.2, 0) is 4.79 Å². The van der Waals surface area contributed by atoms with Crippen molar-refractivity contribution < 1.29 is 4.79 Å². The summed E-state index contributed by atoms with van der Waals surface area (Å²) in [6, 6.07) is 8.27. The lowest BCUT2D eigenvalue weighted by Gasteiger charge is -2.30. The van der Waals surface area contributed by atoms with Gasteiger partial charge in [-0.05, 0) is 43.1 Å². The van der Waals surface area contributed by atoms with E-state index in [1.54, 1.807) is 0 Å². The summed E-state index contributed by atoms with van der Waals surface area (Å²) in [4.78, 5) is 16.4. The Kier molecular flexibility index (Phi) is 6.04. The summed E-state index contributed by atoms with van der Waals surface area (Å²) in [6.45, 7) is 2.37. The molecule has 3 rings (SSSR count). The van der Waals surface area contributed by atoms with Gasteiger partial charge in [0.1, 0.15) is 0 Å². The van der Waals surface area contributed by atoms with Gasteiger partial charge in [0.2, 0.25) is 0 Å². The van der Waals surface area contributed by atoms with E-state index in [4.69, 9.17) is 12.2 Å². The highest BCUT2D eigenvalue weighted by molar-refractivity contribution is 7.80. The van der Waals surface area contributed by atoms with Crippen molar-refractivity contribution in [1.82, 2.24) is 21.2 Å². The summed E-state index contributed by atoms with van der Waals surface area (Å²) in [7, 11) is 0. The number of rotatable bonds is 4. The van der Waals surface area contributed by atoms with E-state index in [0.29, 0.717) is 17.1 Å². The summed E-state index contributed by atoms with van der Waals surface area (Å²) in [6.07, 6.45) is 4.85. The number of hydrazine groups is 1. The largest absolute Gasteiger partial charge is 0.358 e. The second-order valence-corrected chi connectivity index (χ2v) is 7.79. The van der Waals surface area contributed by atoms with Crippen molar-refractivity contribution in [3.8, 4) is 0 Å². The van der Waals surface area contributed by atoms with Crippen LogP contribution < -0.4 is 21.5 Å². The molecule has 0 radical (unpaired) electrons. The molecule has 4 N–H and O–H groups in total. The number of thiazole rings is 1. The van der Waals surface area contributed by atoms with E-state index in [2.05, 4.69) is 33.4 Å². The number of nitrogens with zero attached hydrogens (tertiary/aromatic N) is 1. The third kappa shape index (κ3) is 5.02. The van der Waals surface area contributed by atoms with Gasteiger partial charge >= 0.3 is 0 Å². The lowest BCUT2D eigenvalue weighted by Crippen LogP contribution is -2.52. The molecule has 1 fully saturated rings. The molecule has 1 aromatic heterocycles. The van der Waals surface area contributed by atoms with Crippen molar-refractivity contribution in [2.45, 2.75) is 38.6 Å². The first-order valence-corrected chi connectivity index (χ1v) is 9.79. The Morgan fingerprint density at radius 2 is 2.08 bits per heavy atom. The molecular weight excluding hydrogens is 354 g/mol. The van der Waals surface area contributed by atoms with Crippen LogP contribution in [0.1, 0.15) is 32.6 Å². The minimum atomic E-state index is -0.194. The molecule has 0 aliphatic heterocycles. The third-order valence-electron chi connectivity index (χ3n) is 4.44. The van der Waals surface area contributed by atoms with Crippen LogP contribution in [0.2, 0.25) is 0 Å². The molecule has 1 aromatic carbocycles. The molecule has 25 heavy (non-hydrogen) atoms. The summed E-state index contributed by atoms with van der Waals surface area (Å²) in [5.74, 6) is 0.407. The molecule has 1 saturated carbocycles. The molecule has 6 nitrogen and oxygen atoms in total. The van der Waals surface area contributed by atoms with Crippen molar-refractivity contribution in [3.63, 3.8) is 0 Å². The predicted molar refractivity (Wildman–Crippen MR) is 107 cm³/mol. The number of hydrogen-bond donors (Lipinski definition) is 4. The Morgan fingerprint density at radius 1 is 1.28 bits per heavy atom. The zero-order chi connectivity index (χ0) is 17.6. The minimum absolute atomic E-state index is 0.134. The average Bonchev–Trinajstić information content (AvgIpc) is 3.03. The Morgan fingerprint density at radius 3 is 2.88 bits per heavy atom. The van der Waals surface area contributed by atoms with Crippen molar-refractivity contribution in [3.05, 3.63) is 24.3 Å². The first-order chi connectivity index (χ1) is 12.1. The van der Waals surface area contributed by atoms with Gasteiger partial charge < -0.3 is 10.6 Å². The van der Waals surface area contributed by atoms with Crippen LogP contribution in [-0.4, -0.2) is 28.6 Å². The summed E-state index contributed by atoms with van der Waals surface area (Å²) >= 11 is 6.79. The highest BCUT2D eigenvalue weighted by atomic mass is 32.1. The number of aromatic nitrogens is 1. The van der Waals surface area contributed by atoms with Crippen LogP contribution in [0.4, 0.5) is 5.13 Å². The van der Waals surface area contributed by atoms with Gasteiger partial charge in [-0.25, -0.2) is 4.98 Å². The zero-order valence-electron chi connectivity index (χ0n) is 14.2. The van der Waals surface area contributed by atoms with Crippen LogP contribution >= 0.6 is 23.6 Å². The molecule has 0 spiro atoms. The van der Waals surface area contributed by atoms with Gasteiger partial charge in [0, 0.05) is 6.04 Å². The topological polar surface area (TPSA) is 78.1 Å². The van der Waals surface area contributed by atoms with Gasteiger partial charge in [-0.1, -0.05) is 43.2 Å². The van der Waals surface area contributed by atoms with Gasteiger partial charge in [0.15, 0.2) is 10.2 Å². The molecule has 1 aliphatic rings. The maximum Gasteiger partial charge on any atom is 0.257 e.